The SMILES string of the molecule is COc1ccc(CCC(=O)Nc2ccc(-c3nnc4n3CCCCCC4)cc2)cc1. The number of hydrogen-bond acceptors (Lipinski definition) is 4. The molecule has 1 N–H and O–H groups in total. The molecule has 0 bridgehead atoms. The fourth-order valence-electron chi connectivity index (χ4n) is 3.85. The summed E-state index contributed by atoms with van der Waals surface area (Å²) in [5, 5.41) is 11.8. The summed E-state index contributed by atoms with van der Waals surface area (Å²) in [4.78, 5) is 12.3. The van der Waals surface area contributed by atoms with Crippen molar-refractivity contribution in [2.45, 2.75) is 51.5 Å². The first kappa shape index (κ1) is 20.1. The van der Waals surface area contributed by atoms with Gasteiger partial charge in [0.15, 0.2) is 5.82 Å². The second-order valence-electron chi connectivity index (χ2n) is 7.73. The summed E-state index contributed by atoms with van der Waals surface area (Å²) >= 11 is 0. The second kappa shape index (κ2) is 9.57. The van der Waals surface area contributed by atoms with Crippen molar-refractivity contribution in [3.63, 3.8) is 0 Å². The molecule has 0 fully saturated rings. The summed E-state index contributed by atoms with van der Waals surface area (Å²) in [6.07, 6.45) is 7.01. The molecule has 0 unspecified atom stereocenters. The summed E-state index contributed by atoms with van der Waals surface area (Å²) in [6.45, 7) is 0.974. The topological polar surface area (TPSA) is 69.0 Å². The Balaban J connectivity index is 1.36. The van der Waals surface area contributed by atoms with Crippen LogP contribution in [0.3, 0.4) is 0 Å². The number of methoxy groups -OCH3 is 1. The number of amides is 1. The van der Waals surface area contributed by atoms with E-state index >= 15 is 0 Å². The van der Waals surface area contributed by atoms with E-state index in [9.17, 15) is 4.79 Å². The van der Waals surface area contributed by atoms with Gasteiger partial charge >= 0.3 is 0 Å². The van der Waals surface area contributed by atoms with Gasteiger partial charge in [0.2, 0.25) is 5.91 Å². The van der Waals surface area contributed by atoms with Crippen LogP contribution < -0.4 is 10.1 Å². The number of nitrogens with zero attached hydrogens (tertiary/aromatic N) is 3. The van der Waals surface area contributed by atoms with Gasteiger partial charge in [0, 0.05) is 30.6 Å². The third-order valence-electron chi connectivity index (χ3n) is 5.59. The lowest BCUT2D eigenvalue weighted by atomic mass is 10.1. The number of fused-ring (bicyclic) bond motifs is 1. The Labute approximate surface area is 177 Å². The van der Waals surface area contributed by atoms with E-state index in [1.165, 1.54) is 25.7 Å². The molecule has 30 heavy (non-hydrogen) atoms. The maximum Gasteiger partial charge on any atom is 0.224 e. The minimum atomic E-state index is 0.00571. The number of aromatic nitrogens is 3. The number of rotatable bonds is 6. The predicted octanol–water partition coefficient (Wildman–Crippen LogP) is 4.64. The van der Waals surface area contributed by atoms with Gasteiger partial charge in [-0.25, -0.2) is 0 Å². The fraction of sp³-hybridized carbons (Fsp3) is 0.375. The van der Waals surface area contributed by atoms with Crippen molar-refractivity contribution in [1.29, 1.82) is 0 Å². The molecule has 6 heteroatoms. The number of carbonyl (C=O) groups is 1. The quantitative estimate of drug-likeness (QED) is 0.650. The molecule has 2 aromatic carbocycles. The minimum absolute atomic E-state index is 0.00571. The normalized spacial score (nSPS) is 13.8. The van der Waals surface area contributed by atoms with Crippen molar-refractivity contribution in [2.75, 3.05) is 12.4 Å². The van der Waals surface area contributed by atoms with E-state index in [0.717, 1.165) is 47.2 Å². The maximum absolute atomic E-state index is 12.3. The standard InChI is InChI=1S/C24H28N4O2/c1-30-21-14-7-18(8-15-21)9-16-23(29)25-20-12-10-19(11-13-20)24-27-26-22-6-4-2-3-5-17-28(22)24/h7-8,10-15H,2-6,9,16-17H2,1H3,(H,25,29). The number of anilines is 1. The lowest BCUT2D eigenvalue weighted by Gasteiger charge is -2.13. The molecule has 6 nitrogen and oxygen atoms in total. The Bertz CT molecular complexity index is 977. The van der Waals surface area contributed by atoms with Crippen molar-refractivity contribution in [3.8, 4) is 17.1 Å². The molecule has 0 saturated heterocycles. The van der Waals surface area contributed by atoms with Crippen LogP contribution >= 0.6 is 0 Å². The third-order valence-corrected chi connectivity index (χ3v) is 5.59. The Morgan fingerprint density at radius 1 is 1.00 bits per heavy atom. The van der Waals surface area contributed by atoms with Crippen molar-refractivity contribution < 1.29 is 9.53 Å². The lowest BCUT2D eigenvalue weighted by Crippen LogP contribution is -2.12. The van der Waals surface area contributed by atoms with E-state index in [2.05, 4.69) is 20.1 Å². The molecule has 156 valence electrons. The average molecular weight is 405 g/mol. The first-order chi connectivity index (χ1) is 14.7. The van der Waals surface area contributed by atoms with Crippen LogP contribution in [0.2, 0.25) is 0 Å². The van der Waals surface area contributed by atoms with Crippen LogP contribution in [0, 0.1) is 0 Å². The van der Waals surface area contributed by atoms with E-state index in [1.54, 1.807) is 7.11 Å². The van der Waals surface area contributed by atoms with Crippen molar-refractivity contribution in [3.05, 3.63) is 59.9 Å². The average Bonchev–Trinajstić information content (AvgIpc) is 3.14. The molecule has 1 aliphatic rings. The predicted molar refractivity (Wildman–Crippen MR) is 118 cm³/mol. The Kier molecular flexibility index (Phi) is 6.42. The van der Waals surface area contributed by atoms with E-state index in [4.69, 9.17) is 4.74 Å². The van der Waals surface area contributed by atoms with Gasteiger partial charge < -0.3 is 14.6 Å². The first-order valence-corrected chi connectivity index (χ1v) is 10.7. The summed E-state index contributed by atoms with van der Waals surface area (Å²) in [6, 6.07) is 15.7. The molecule has 0 spiro atoms. The molecule has 4 rings (SSSR count). The van der Waals surface area contributed by atoms with E-state index < -0.39 is 0 Å². The zero-order valence-electron chi connectivity index (χ0n) is 17.4. The Morgan fingerprint density at radius 2 is 1.77 bits per heavy atom. The van der Waals surface area contributed by atoms with Crippen LogP contribution in [-0.2, 0) is 24.2 Å². The van der Waals surface area contributed by atoms with Gasteiger partial charge in [-0.1, -0.05) is 25.0 Å². The number of hydrogen-bond donors (Lipinski definition) is 1. The molecular formula is C24H28N4O2. The maximum atomic E-state index is 12.3. The molecule has 1 amide bonds. The summed E-state index contributed by atoms with van der Waals surface area (Å²) in [5.74, 6) is 2.83. The van der Waals surface area contributed by atoms with E-state index in [1.807, 2.05) is 48.5 Å². The molecule has 1 aromatic heterocycles. The van der Waals surface area contributed by atoms with E-state index in [0.29, 0.717) is 12.8 Å². The number of ether oxygens (including phenoxy) is 1. The molecule has 0 aliphatic carbocycles. The van der Waals surface area contributed by atoms with E-state index in [-0.39, 0.29) is 5.91 Å². The molecule has 0 saturated carbocycles. The summed E-state index contributed by atoms with van der Waals surface area (Å²) in [5.41, 5.74) is 2.95. The van der Waals surface area contributed by atoms with Crippen molar-refractivity contribution in [1.82, 2.24) is 14.8 Å². The second-order valence-corrected chi connectivity index (χ2v) is 7.73. The monoisotopic (exact) mass is 404 g/mol. The van der Waals surface area contributed by atoms with Crippen LogP contribution in [0.5, 0.6) is 5.75 Å². The Morgan fingerprint density at radius 3 is 2.53 bits per heavy atom. The van der Waals surface area contributed by atoms with Crippen LogP contribution in [0.4, 0.5) is 5.69 Å². The zero-order chi connectivity index (χ0) is 20.8. The highest BCUT2D eigenvalue weighted by Gasteiger charge is 2.15. The van der Waals surface area contributed by atoms with Crippen molar-refractivity contribution in [2.24, 2.45) is 0 Å². The van der Waals surface area contributed by atoms with Gasteiger partial charge in [0.05, 0.1) is 7.11 Å². The summed E-state index contributed by atoms with van der Waals surface area (Å²) in [7, 11) is 1.65. The van der Waals surface area contributed by atoms with Gasteiger partial charge in [-0.05, 0) is 61.2 Å². The molecule has 2 heterocycles. The van der Waals surface area contributed by atoms with Gasteiger partial charge in [-0.2, -0.15) is 0 Å². The van der Waals surface area contributed by atoms with Gasteiger partial charge in [0.1, 0.15) is 11.6 Å². The Hall–Kier alpha value is -3.15. The molecular weight excluding hydrogens is 376 g/mol. The smallest absolute Gasteiger partial charge is 0.224 e. The number of aryl methyl sites for hydroxylation is 2. The lowest BCUT2D eigenvalue weighted by molar-refractivity contribution is -0.116. The fourth-order valence-corrected chi connectivity index (χ4v) is 3.85. The van der Waals surface area contributed by atoms with Crippen LogP contribution in [0.15, 0.2) is 48.5 Å². The zero-order valence-corrected chi connectivity index (χ0v) is 17.4. The third kappa shape index (κ3) is 4.87. The first-order valence-electron chi connectivity index (χ1n) is 10.7. The van der Waals surface area contributed by atoms with Crippen LogP contribution in [0.25, 0.3) is 11.4 Å². The highest BCUT2D eigenvalue weighted by Crippen LogP contribution is 2.24. The minimum Gasteiger partial charge on any atom is -0.497 e. The highest BCUT2D eigenvalue weighted by atomic mass is 16.5. The van der Waals surface area contributed by atoms with Crippen LogP contribution in [-0.4, -0.2) is 27.8 Å². The largest absolute Gasteiger partial charge is 0.497 e. The molecule has 1 aliphatic heterocycles. The number of benzene rings is 2. The van der Waals surface area contributed by atoms with Gasteiger partial charge in [-0.3, -0.25) is 4.79 Å². The van der Waals surface area contributed by atoms with Crippen LogP contribution in [0.1, 0.15) is 43.5 Å². The van der Waals surface area contributed by atoms with Gasteiger partial charge in [-0.15, -0.1) is 10.2 Å². The van der Waals surface area contributed by atoms with Gasteiger partial charge in [0.25, 0.3) is 0 Å². The summed E-state index contributed by atoms with van der Waals surface area (Å²) < 4.78 is 7.41. The molecule has 0 radical (unpaired) electrons. The molecule has 0 atom stereocenters. The number of nitrogens with one attached hydrogen (secondary N) is 1. The highest BCUT2D eigenvalue weighted by molar-refractivity contribution is 5.91. The number of carbonyl (C=O) groups excluding carboxylic acids is 1. The van der Waals surface area contributed by atoms with Crippen molar-refractivity contribution >= 4 is 11.6 Å². The molecule has 3 aromatic rings.